The number of benzene rings is 2. The van der Waals surface area contributed by atoms with Crippen molar-refractivity contribution in [1.82, 2.24) is 4.57 Å². The second-order valence-corrected chi connectivity index (χ2v) is 7.53. The van der Waals surface area contributed by atoms with Gasteiger partial charge in [-0.1, -0.05) is 47.1 Å². The van der Waals surface area contributed by atoms with Crippen LogP contribution in [0, 0.1) is 5.92 Å². The van der Waals surface area contributed by atoms with E-state index < -0.39 is 0 Å². The molecule has 0 saturated heterocycles. The molecule has 1 N–H and O–H groups in total. The summed E-state index contributed by atoms with van der Waals surface area (Å²) in [6.07, 6.45) is 6.68. The van der Waals surface area contributed by atoms with Crippen molar-refractivity contribution in [3.8, 4) is 5.69 Å². The Bertz CT molecular complexity index is 1010. The lowest BCUT2D eigenvalue weighted by molar-refractivity contribution is 0.683. The third-order valence-corrected chi connectivity index (χ3v) is 5.56. The van der Waals surface area contributed by atoms with Gasteiger partial charge in [-0.25, -0.2) is 0 Å². The van der Waals surface area contributed by atoms with Crippen molar-refractivity contribution in [2.45, 2.75) is 13.0 Å². The van der Waals surface area contributed by atoms with E-state index in [4.69, 9.17) is 0 Å². The van der Waals surface area contributed by atoms with E-state index >= 15 is 0 Å². The highest BCUT2D eigenvalue weighted by molar-refractivity contribution is 9.11. The van der Waals surface area contributed by atoms with Crippen molar-refractivity contribution >= 4 is 38.1 Å². The van der Waals surface area contributed by atoms with Gasteiger partial charge in [0.1, 0.15) is 0 Å². The minimum Gasteiger partial charge on any atom is -0.377 e. The molecule has 0 saturated carbocycles. The van der Waals surface area contributed by atoms with Crippen LogP contribution in [0.15, 0.2) is 71.4 Å². The van der Waals surface area contributed by atoms with Gasteiger partial charge in [0.15, 0.2) is 0 Å². The Morgan fingerprint density at radius 3 is 2.75 bits per heavy atom. The fraction of sp³-hybridized carbons (Fsp3) is 0.143. The number of rotatable bonds is 1. The predicted molar refractivity (Wildman–Crippen MR) is 105 cm³/mol. The maximum atomic E-state index is 3.70. The molecule has 1 aliphatic heterocycles. The average molecular weight is 377 g/mol. The second kappa shape index (κ2) is 5.12. The molecule has 24 heavy (non-hydrogen) atoms. The maximum absolute atomic E-state index is 3.70. The Kier molecular flexibility index (Phi) is 3.01. The van der Waals surface area contributed by atoms with Gasteiger partial charge in [0.2, 0.25) is 0 Å². The number of para-hydroxylation sites is 1. The molecular formula is C21H17BrN2. The van der Waals surface area contributed by atoms with Crippen LogP contribution < -0.4 is 5.32 Å². The number of fused-ring (bicyclic) bond motifs is 4. The summed E-state index contributed by atoms with van der Waals surface area (Å²) in [6.45, 7) is 2.27. The minimum absolute atomic E-state index is 0.373. The molecule has 2 atom stereocenters. The summed E-state index contributed by atoms with van der Waals surface area (Å²) in [5, 5.41) is 4.97. The molecular weight excluding hydrogens is 360 g/mol. The molecule has 0 bridgehead atoms. The van der Waals surface area contributed by atoms with Crippen molar-refractivity contribution in [1.29, 1.82) is 0 Å². The highest BCUT2D eigenvalue weighted by Crippen LogP contribution is 2.44. The molecule has 2 aliphatic rings. The van der Waals surface area contributed by atoms with E-state index in [-0.39, 0.29) is 0 Å². The number of allylic oxidation sites excluding steroid dienone is 2. The standard InChI is InChI=1S/C21H17BrN2/c1-13-9-15(22)11-18-17-12-20-14(10-19(17)23-21(13)18)7-8-24(20)16-5-3-2-4-6-16/h2-13,21,23H,1H3. The van der Waals surface area contributed by atoms with Crippen LogP contribution in [0.25, 0.3) is 22.2 Å². The zero-order valence-corrected chi connectivity index (χ0v) is 14.9. The van der Waals surface area contributed by atoms with E-state index in [9.17, 15) is 0 Å². The predicted octanol–water partition coefficient (Wildman–Crippen LogP) is 5.74. The average Bonchev–Trinajstić information content (AvgIpc) is 3.15. The molecule has 118 valence electrons. The van der Waals surface area contributed by atoms with Crippen LogP contribution in [0.4, 0.5) is 5.69 Å². The Morgan fingerprint density at radius 1 is 1.08 bits per heavy atom. The van der Waals surface area contributed by atoms with Gasteiger partial charge in [-0.2, -0.15) is 0 Å². The van der Waals surface area contributed by atoms with Crippen molar-refractivity contribution in [2.75, 3.05) is 5.32 Å². The summed E-state index contributed by atoms with van der Waals surface area (Å²) < 4.78 is 3.44. The first-order chi connectivity index (χ1) is 11.7. The van der Waals surface area contributed by atoms with Gasteiger partial charge in [0, 0.05) is 33.0 Å². The zero-order chi connectivity index (χ0) is 16.3. The molecule has 0 amide bonds. The molecule has 0 radical (unpaired) electrons. The van der Waals surface area contributed by atoms with Crippen LogP contribution in [0.3, 0.4) is 0 Å². The van der Waals surface area contributed by atoms with Crippen LogP contribution in [0.2, 0.25) is 0 Å². The Hall–Kier alpha value is -2.26. The van der Waals surface area contributed by atoms with Gasteiger partial charge in [-0.3, -0.25) is 0 Å². The molecule has 2 heterocycles. The first kappa shape index (κ1) is 14.1. The van der Waals surface area contributed by atoms with Crippen LogP contribution in [0.1, 0.15) is 12.5 Å². The highest BCUT2D eigenvalue weighted by Gasteiger charge is 2.32. The van der Waals surface area contributed by atoms with Crippen molar-refractivity contribution in [3.05, 3.63) is 76.9 Å². The van der Waals surface area contributed by atoms with E-state index in [2.05, 4.69) is 99.6 Å². The maximum Gasteiger partial charge on any atom is 0.0581 e. The number of nitrogens with one attached hydrogen (secondary N) is 1. The van der Waals surface area contributed by atoms with Crippen molar-refractivity contribution in [3.63, 3.8) is 0 Å². The molecule has 2 aromatic carbocycles. The molecule has 0 spiro atoms. The zero-order valence-electron chi connectivity index (χ0n) is 13.3. The van der Waals surface area contributed by atoms with Crippen LogP contribution in [0.5, 0.6) is 0 Å². The Labute approximate surface area is 149 Å². The van der Waals surface area contributed by atoms with Crippen LogP contribution >= 0.6 is 15.9 Å². The molecule has 2 nitrogen and oxygen atoms in total. The molecule has 2 unspecified atom stereocenters. The number of anilines is 1. The largest absolute Gasteiger partial charge is 0.377 e. The lowest BCUT2D eigenvalue weighted by atomic mass is 9.89. The molecule has 1 aromatic heterocycles. The van der Waals surface area contributed by atoms with E-state index in [1.165, 1.54) is 37.9 Å². The van der Waals surface area contributed by atoms with Crippen LogP contribution in [-0.2, 0) is 0 Å². The molecule has 3 aromatic rings. The smallest absolute Gasteiger partial charge is 0.0581 e. The SMILES string of the molecule is CC1C=C(Br)C=C2c3cc4c(ccn4-c4ccccc4)cc3NC21. The fourth-order valence-electron chi connectivity index (χ4n) is 3.89. The van der Waals surface area contributed by atoms with Crippen molar-refractivity contribution in [2.24, 2.45) is 5.92 Å². The number of halogens is 1. The summed E-state index contributed by atoms with van der Waals surface area (Å²) >= 11 is 3.66. The number of hydrogen-bond acceptors (Lipinski definition) is 1. The van der Waals surface area contributed by atoms with Gasteiger partial charge in [0.05, 0.1) is 11.6 Å². The van der Waals surface area contributed by atoms with Crippen LogP contribution in [-0.4, -0.2) is 10.6 Å². The Morgan fingerprint density at radius 2 is 1.92 bits per heavy atom. The molecule has 5 rings (SSSR count). The van der Waals surface area contributed by atoms with Gasteiger partial charge in [-0.15, -0.1) is 0 Å². The highest BCUT2D eigenvalue weighted by atomic mass is 79.9. The number of hydrogen-bond donors (Lipinski definition) is 1. The molecule has 3 heteroatoms. The summed E-state index contributed by atoms with van der Waals surface area (Å²) in [5.74, 6) is 0.474. The van der Waals surface area contributed by atoms with Gasteiger partial charge >= 0.3 is 0 Å². The number of aromatic nitrogens is 1. The monoisotopic (exact) mass is 376 g/mol. The summed E-state index contributed by atoms with van der Waals surface area (Å²) in [7, 11) is 0. The normalized spacial score (nSPS) is 21.8. The third-order valence-electron chi connectivity index (χ3n) is 5.06. The van der Waals surface area contributed by atoms with E-state index in [1.54, 1.807) is 0 Å². The summed E-state index contributed by atoms with van der Waals surface area (Å²) in [4.78, 5) is 0. The molecule has 1 aliphatic carbocycles. The topological polar surface area (TPSA) is 17.0 Å². The van der Waals surface area contributed by atoms with Gasteiger partial charge < -0.3 is 9.88 Å². The quantitative estimate of drug-likeness (QED) is 0.573. The lowest BCUT2D eigenvalue weighted by Crippen LogP contribution is -2.24. The lowest BCUT2D eigenvalue weighted by Gasteiger charge is -2.22. The van der Waals surface area contributed by atoms with E-state index in [0.29, 0.717) is 12.0 Å². The van der Waals surface area contributed by atoms with Gasteiger partial charge in [-0.05, 0) is 47.9 Å². The summed E-state index contributed by atoms with van der Waals surface area (Å²) in [6, 6.07) is 17.7. The minimum atomic E-state index is 0.373. The second-order valence-electron chi connectivity index (χ2n) is 6.61. The van der Waals surface area contributed by atoms with Crippen molar-refractivity contribution < 1.29 is 0 Å². The Balaban J connectivity index is 1.72. The first-order valence-corrected chi connectivity index (χ1v) is 9.06. The molecule has 0 fully saturated rings. The van der Waals surface area contributed by atoms with Gasteiger partial charge in [0.25, 0.3) is 0 Å². The summed E-state index contributed by atoms with van der Waals surface area (Å²) in [5.41, 5.74) is 6.39. The first-order valence-electron chi connectivity index (χ1n) is 8.27. The third kappa shape index (κ3) is 2.01. The van der Waals surface area contributed by atoms with E-state index in [0.717, 1.165) is 0 Å². The number of nitrogens with zero attached hydrogens (tertiary/aromatic N) is 1. The fourth-order valence-corrected chi connectivity index (χ4v) is 4.56. The van der Waals surface area contributed by atoms with E-state index in [1.807, 2.05) is 0 Å².